The maximum Gasteiger partial charge on any atom is 0.535 e. The van der Waals surface area contributed by atoms with Crippen LogP contribution in [-0.4, -0.2) is 29.1 Å². The van der Waals surface area contributed by atoms with Gasteiger partial charge in [-0.3, -0.25) is 14.4 Å². The number of hydrogen-bond donors (Lipinski definition) is 0. The van der Waals surface area contributed by atoms with E-state index >= 15 is 0 Å². The Hall–Kier alpha value is -2.03. The Labute approximate surface area is 111 Å². The first-order valence-electron chi connectivity index (χ1n) is 6.39. The zero-order valence-corrected chi connectivity index (χ0v) is 10.5. The summed E-state index contributed by atoms with van der Waals surface area (Å²) in [6.07, 6.45) is 3.01. The van der Waals surface area contributed by atoms with E-state index in [9.17, 15) is 14.4 Å². The summed E-state index contributed by atoms with van der Waals surface area (Å²) in [6, 6.07) is 0. The predicted octanol–water partition coefficient (Wildman–Crippen LogP) is 1.54. The lowest BCUT2D eigenvalue weighted by molar-refractivity contribution is -0.177. The Kier molecular flexibility index (Phi) is 4.39. The summed E-state index contributed by atoms with van der Waals surface area (Å²) >= 11 is 0. The van der Waals surface area contributed by atoms with Gasteiger partial charge in [0.15, 0.2) is 6.10 Å². The van der Waals surface area contributed by atoms with E-state index in [1.54, 1.807) is 0 Å². The number of nitrogens with zero attached hydrogens (tertiary/aromatic N) is 1. The predicted molar refractivity (Wildman–Crippen MR) is 63.3 cm³/mol. The first kappa shape index (κ1) is 13.4. The van der Waals surface area contributed by atoms with Gasteiger partial charge >= 0.3 is 6.16 Å². The summed E-state index contributed by atoms with van der Waals surface area (Å²) in [5.74, 6) is 4.72. The molecule has 6 heteroatoms. The van der Waals surface area contributed by atoms with Gasteiger partial charge in [-0.25, -0.2) is 4.79 Å². The number of carbonyl (C=O) groups is 3. The van der Waals surface area contributed by atoms with Gasteiger partial charge in [0.2, 0.25) is 0 Å². The summed E-state index contributed by atoms with van der Waals surface area (Å²) in [4.78, 5) is 38.6. The molecule has 1 fully saturated rings. The van der Waals surface area contributed by atoms with Crippen molar-refractivity contribution in [1.29, 1.82) is 0 Å². The van der Waals surface area contributed by atoms with Crippen LogP contribution >= 0.6 is 0 Å². The number of rotatable bonds is 2. The molecule has 1 aliphatic carbocycles. The van der Waals surface area contributed by atoms with Crippen molar-refractivity contribution in [3.05, 3.63) is 0 Å². The van der Waals surface area contributed by atoms with Crippen LogP contribution in [0, 0.1) is 11.8 Å². The van der Waals surface area contributed by atoms with Gasteiger partial charge in [-0.1, -0.05) is 23.3 Å². The van der Waals surface area contributed by atoms with Crippen molar-refractivity contribution in [1.82, 2.24) is 5.06 Å². The Bertz CT molecular complexity index is 432. The minimum absolute atomic E-state index is 0.0648. The average Bonchev–Trinajstić information content (AvgIpc) is 2.64. The van der Waals surface area contributed by atoms with Gasteiger partial charge < -0.3 is 4.74 Å². The Morgan fingerprint density at radius 3 is 2.63 bits per heavy atom. The average molecular weight is 265 g/mol. The minimum Gasteiger partial charge on any atom is -0.416 e. The van der Waals surface area contributed by atoms with E-state index in [-0.39, 0.29) is 12.8 Å². The van der Waals surface area contributed by atoms with E-state index in [0.717, 1.165) is 25.7 Å². The fourth-order valence-corrected chi connectivity index (χ4v) is 1.94. The Morgan fingerprint density at radius 2 is 1.89 bits per heavy atom. The molecule has 0 spiro atoms. The molecule has 0 radical (unpaired) electrons. The van der Waals surface area contributed by atoms with Crippen LogP contribution in [0.25, 0.3) is 0 Å². The zero-order chi connectivity index (χ0) is 13.7. The van der Waals surface area contributed by atoms with Gasteiger partial charge in [0.1, 0.15) is 0 Å². The van der Waals surface area contributed by atoms with E-state index in [0.29, 0.717) is 11.5 Å². The fraction of sp³-hybridized carbons (Fsp3) is 0.615. The van der Waals surface area contributed by atoms with Crippen molar-refractivity contribution in [2.75, 3.05) is 0 Å². The number of hydroxylamine groups is 2. The summed E-state index contributed by atoms with van der Waals surface area (Å²) in [7, 11) is 0. The molecular formula is C13H15NO5. The molecule has 2 amide bonds. The van der Waals surface area contributed by atoms with Gasteiger partial charge in [-0.15, -0.1) is 0 Å². The van der Waals surface area contributed by atoms with Crippen LogP contribution in [0.15, 0.2) is 0 Å². The molecule has 1 unspecified atom stereocenters. The van der Waals surface area contributed by atoms with E-state index in [1.165, 1.54) is 0 Å². The van der Waals surface area contributed by atoms with Crippen molar-refractivity contribution in [3.8, 4) is 11.8 Å². The van der Waals surface area contributed by atoms with Crippen LogP contribution in [0.2, 0.25) is 0 Å². The zero-order valence-electron chi connectivity index (χ0n) is 10.5. The number of carbonyl (C=O) groups excluding carboxylic acids is 3. The van der Waals surface area contributed by atoms with Crippen LogP contribution in [0.5, 0.6) is 0 Å². The summed E-state index contributed by atoms with van der Waals surface area (Å²) in [6.45, 7) is 0. The van der Waals surface area contributed by atoms with Crippen LogP contribution in [0.3, 0.4) is 0 Å². The molecule has 1 aliphatic heterocycles. The monoisotopic (exact) mass is 265 g/mol. The van der Waals surface area contributed by atoms with Crippen LogP contribution in [0.4, 0.5) is 4.79 Å². The van der Waals surface area contributed by atoms with Crippen LogP contribution in [-0.2, 0) is 19.2 Å². The smallest absolute Gasteiger partial charge is 0.416 e. The molecule has 1 atom stereocenters. The SMILES string of the molecule is O=C(OC1C#CCCCCC1)ON1C(=O)CCC1=O. The molecule has 6 nitrogen and oxygen atoms in total. The normalized spacial score (nSPS) is 23.2. The third-order valence-electron chi connectivity index (χ3n) is 2.94. The highest BCUT2D eigenvalue weighted by molar-refractivity contribution is 6.01. The molecule has 2 aliphatic rings. The minimum atomic E-state index is -1.05. The molecular weight excluding hydrogens is 250 g/mol. The first-order valence-corrected chi connectivity index (χ1v) is 6.39. The third kappa shape index (κ3) is 3.71. The maximum atomic E-state index is 11.5. The second-order valence-electron chi connectivity index (χ2n) is 4.45. The first-order chi connectivity index (χ1) is 9.16. The Morgan fingerprint density at radius 1 is 1.16 bits per heavy atom. The largest absolute Gasteiger partial charge is 0.535 e. The number of imide groups is 1. The van der Waals surface area contributed by atoms with Gasteiger partial charge in [0.25, 0.3) is 11.8 Å². The molecule has 0 aromatic heterocycles. The quantitative estimate of drug-likeness (QED) is 0.430. The fourth-order valence-electron chi connectivity index (χ4n) is 1.94. The highest BCUT2D eigenvalue weighted by Gasteiger charge is 2.33. The van der Waals surface area contributed by atoms with E-state index in [4.69, 9.17) is 4.74 Å². The topological polar surface area (TPSA) is 72.9 Å². The third-order valence-corrected chi connectivity index (χ3v) is 2.94. The molecule has 0 aromatic rings. The van der Waals surface area contributed by atoms with Gasteiger partial charge in [0.05, 0.1) is 0 Å². The standard InChI is InChI=1S/C13H15NO5/c15-11-8-9-12(16)14(11)19-13(17)18-10-6-4-2-1-3-5-7-10/h10H,1-4,6,8-9H2. The van der Waals surface area contributed by atoms with Crippen molar-refractivity contribution < 1.29 is 24.0 Å². The maximum absolute atomic E-state index is 11.5. The highest BCUT2D eigenvalue weighted by Crippen LogP contribution is 2.15. The second-order valence-corrected chi connectivity index (χ2v) is 4.45. The number of ether oxygens (including phenoxy) is 1. The molecule has 1 saturated heterocycles. The van der Waals surface area contributed by atoms with Gasteiger partial charge in [0, 0.05) is 19.3 Å². The number of hydrogen-bond acceptors (Lipinski definition) is 5. The van der Waals surface area contributed by atoms with Crippen LogP contribution < -0.4 is 0 Å². The molecule has 1 heterocycles. The van der Waals surface area contributed by atoms with Crippen molar-refractivity contribution in [2.24, 2.45) is 0 Å². The van der Waals surface area contributed by atoms with Crippen molar-refractivity contribution in [2.45, 2.75) is 51.0 Å². The molecule has 0 saturated carbocycles. The molecule has 102 valence electrons. The van der Waals surface area contributed by atoms with Crippen LogP contribution in [0.1, 0.15) is 44.9 Å². The van der Waals surface area contributed by atoms with Crippen molar-refractivity contribution in [3.63, 3.8) is 0 Å². The van der Waals surface area contributed by atoms with E-state index in [1.807, 2.05) is 0 Å². The lowest BCUT2D eigenvalue weighted by Gasteiger charge is -2.16. The van der Waals surface area contributed by atoms with Gasteiger partial charge in [-0.05, 0) is 19.3 Å². The molecule has 0 bridgehead atoms. The lowest BCUT2D eigenvalue weighted by Crippen LogP contribution is -2.33. The van der Waals surface area contributed by atoms with Crippen molar-refractivity contribution >= 4 is 18.0 Å². The molecule has 19 heavy (non-hydrogen) atoms. The molecule has 0 N–H and O–H groups in total. The van der Waals surface area contributed by atoms with E-state index < -0.39 is 24.1 Å². The summed E-state index contributed by atoms with van der Waals surface area (Å²) in [5.41, 5.74) is 0. The lowest BCUT2D eigenvalue weighted by atomic mass is 10.1. The second kappa shape index (κ2) is 6.23. The Balaban J connectivity index is 1.86. The molecule has 2 rings (SSSR count). The molecule has 0 aromatic carbocycles. The summed E-state index contributed by atoms with van der Waals surface area (Å²) < 4.78 is 5.00. The number of amides is 2. The van der Waals surface area contributed by atoms with E-state index in [2.05, 4.69) is 16.7 Å². The van der Waals surface area contributed by atoms with Gasteiger partial charge in [-0.2, -0.15) is 0 Å². The summed E-state index contributed by atoms with van der Waals surface area (Å²) in [5, 5.41) is 0.471. The highest BCUT2D eigenvalue weighted by atomic mass is 16.8.